The van der Waals surface area contributed by atoms with Crippen molar-refractivity contribution >= 4 is 17.7 Å². The quantitative estimate of drug-likeness (QED) is 0.653. The van der Waals surface area contributed by atoms with Crippen LogP contribution in [-0.2, 0) is 9.53 Å². The van der Waals surface area contributed by atoms with Gasteiger partial charge in [-0.15, -0.1) is 0 Å². The zero-order chi connectivity index (χ0) is 25.3. The van der Waals surface area contributed by atoms with Crippen molar-refractivity contribution in [1.82, 2.24) is 19.6 Å². The molecule has 190 valence electrons. The van der Waals surface area contributed by atoms with Gasteiger partial charge in [-0.2, -0.15) is 0 Å². The van der Waals surface area contributed by atoms with E-state index in [1.807, 2.05) is 18.0 Å². The fraction of sp³-hybridized carbons (Fsp3) is 0.444. The Balaban J connectivity index is 1.38. The summed E-state index contributed by atoms with van der Waals surface area (Å²) in [6, 6.07) is 14.1. The van der Waals surface area contributed by atoms with Crippen LogP contribution < -0.4 is 0 Å². The van der Waals surface area contributed by atoms with Crippen LogP contribution in [0.5, 0.6) is 0 Å². The first-order valence-corrected chi connectivity index (χ1v) is 12.4. The lowest BCUT2D eigenvalue weighted by Crippen LogP contribution is -2.61. The van der Waals surface area contributed by atoms with Gasteiger partial charge in [0.15, 0.2) is 0 Å². The Kier molecular flexibility index (Phi) is 6.77. The van der Waals surface area contributed by atoms with Gasteiger partial charge in [0.1, 0.15) is 17.6 Å². The fourth-order valence-electron chi connectivity index (χ4n) is 5.38. The van der Waals surface area contributed by atoms with Crippen LogP contribution in [0.1, 0.15) is 33.6 Å². The fourth-order valence-corrected chi connectivity index (χ4v) is 5.38. The van der Waals surface area contributed by atoms with E-state index in [1.165, 1.54) is 12.1 Å². The van der Waals surface area contributed by atoms with Crippen molar-refractivity contribution in [3.63, 3.8) is 0 Å². The van der Waals surface area contributed by atoms with Crippen molar-refractivity contribution in [3.8, 4) is 0 Å². The average molecular weight is 495 g/mol. The molecule has 8 nitrogen and oxygen atoms in total. The summed E-state index contributed by atoms with van der Waals surface area (Å²) in [7, 11) is 2.02. The third-order valence-corrected chi connectivity index (χ3v) is 7.54. The maximum Gasteiger partial charge on any atom is 0.256 e. The summed E-state index contributed by atoms with van der Waals surface area (Å²) in [6.07, 6.45) is 0.691. The molecule has 3 aliphatic rings. The van der Waals surface area contributed by atoms with Gasteiger partial charge in [-0.05, 0) is 31.3 Å². The van der Waals surface area contributed by atoms with E-state index >= 15 is 0 Å². The lowest BCUT2D eigenvalue weighted by Gasteiger charge is -2.45. The molecule has 3 heterocycles. The summed E-state index contributed by atoms with van der Waals surface area (Å²) in [6.45, 7) is 3.48. The SMILES string of the molecule is CN1CCN(C(=O)C2COC3(CCN(C(=O)c4ccccc4F)CC3)N2C(=O)c2ccccc2)CC1. The molecule has 3 aliphatic heterocycles. The molecule has 1 unspecified atom stereocenters. The molecule has 0 N–H and O–H groups in total. The van der Waals surface area contributed by atoms with Gasteiger partial charge < -0.3 is 19.4 Å². The second-order valence-electron chi connectivity index (χ2n) is 9.71. The number of ether oxygens (including phenoxy) is 1. The van der Waals surface area contributed by atoms with E-state index in [2.05, 4.69) is 4.90 Å². The molecule has 3 amide bonds. The number of amides is 3. The van der Waals surface area contributed by atoms with Gasteiger partial charge in [-0.1, -0.05) is 30.3 Å². The first kappa shape index (κ1) is 24.4. The van der Waals surface area contributed by atoms with E-state index in [-0.39, 0.29) is 29.9 Å². The number of piperidine rings is 1. The van der Waals surface area contributed by atoms with Crippen LogP contribution in [-0.4, -0.2) is 102 Å². The first-order chi connectivity index (χ1) is 17.4. The van der Waals surface area contributed by atoms with Crippen molar-refractivity contribution in [2.75, 3.05) is 52.9 Å². The highest BCUT2D eigenvalue weighted by molar-refractivity contribution is 5.98. The number of nitrogens with zero attached hydrogens (tertiary/aromatic N) is 4. The molecular formula is C27H31FN4O4. The highest BCUT2D eigenvalue weighted by atomic mass is 19.1. The summed E-state index contributed by atoms with van der Waals surface area (Å²) in [5.41, 5.74) is -0.476. The monoisotopic (exact) mass is 494 g/mol. The Bertz CT molecular complexity index is 1130. The highest BCUT2D eigenvalue weighted by Crippen LogP contribution is 2.39. The molecule has 0 aromatic heterocycles. The van der Waals surface area contributed by atoms with E-state index in [0.717, 1.165) is 13.1 Å². The predicted octanol–water partition coefficient (Wildman–Crippen LogP) is 2.07. The van der Waals surface area contributed by atoms with Gasteiger partial charge in [0.2, 0.25) is 5.91 Å². The zero-order valence-electron chi connectivity index (χ0n) is 20.4. The lowest BCUT2D eigenvalue weighted by atomic mass is 9.96. The summed E-state index contributed by atoms with van der Waals surface area (Å²) in [5.74, 6) is -1.30. The van der Waals surface area contributed by atoms with Gasteiger partial charge in [0, 0.05) is 57.7 Å². The van der Waals surface area contributed by atoms with Crippen molar-refractivity contribution < 1.29 is 23.5 Å². The average Bonchev–Trinajstić information content (AvgIpc) is 3.27. The van der Waals surface area contributed by atoms with Crippen LogP contribution in [0.2, 0.25) is 0 Å². The zero-order valence-corrected chi connectivity index (χ0v) is 20.4. The molecule has 0 radical (unpaired) electrons. The number of hydrogen-bond acceptors (Lipinski definition) is 5. The number of hydrogen-bond donors (Lipinski definition) is 0. The Morgan fingerprint density at radius 2 is 1.47 bits per heavy atom. The van der Waals surface area contributed by atoms with Gasteiger partial charge in [0.25, 0.3) is 11.8 Å². The van der Waals surface area contributed by atoms with E-state index in [0.29, 0.717) is 44.6 Å². The van der Waals surface area contributed by atoms with Crippen LogP contribution in [0.25, 0.3) is 0 Å². The summed E-state index contributed by atoms with van der Waals surface area (Å²) < 4.78 is 20.5. The molecule has 36 heavy (non-hydrogen) atoms. The molecule has 3 fully saturated rings. The predicted molar refractivity (Wildman–Crippen MR) is 131 cm³/mol. The Morgan fingerprint density at radius 1 is 0.833 bits per heavy atom. The maximum absolute atomic E-state index is 14.2. The molecule has 0 saturated carbocycles. The molecule has 1 atom stereocenters. The second-order valence-corrected chi connectivity index (χ2v) is 9.71. The largest absolute Gasteiger partial charge is 0.353 e. The molecule has 9 heteroatoms. The van der Waals surface area contributed by atoms with E-state index in [9.17, 15) is 18.8 Å². The molecule has 1 spiro atoms. The van der Waals surface area contributed by atoms with E-state index in [4.69, 9.17) is 4.74 Å². The number of likely N-dealkylation sites (tertiary alicyclic amines) is 1. The maximum atomic E-state index is 14.2. The third-order valence-electron chi connectivity index (χ3n) is 7.54. The van der Waals surface area contributed by atoms with Gasteiger partial charge in [0.05, 0.1) is 12.2 Å². The number of rotatable bonds is 3. The molecule has 5 rings (SSSR count). The van der Waals surface area contributed by atoms with Gasteiger partial charge >= 0.3 is 0 Å². The molecule has 3 saturated heterocycles. The minimum atomic E-state index is -0.994. The van der Waals surface area contributed by atoms with E-state index in [1.54, 1.807) is 46.2 Å². The molecule has 0 aliphatic carbocycles. The first-order valence-electron chi connectivity index (χ1n) is 12.4. The van der Waals surface area contributed by atoms with Crippen LogP contribution in [0, 0.1) is 5.82 Å². The number of benzene rings is 2. The summed E-state index contributed by atoms with van der Waals surface area (Å²) >= 11 is 0. The Hall–Kier alpha value is -3.30. The van der Waals surface area contributed by atoms with Crippen molar-refractivity contribution in [2.45, 2.75) is 24.6 Å². The number of carbonyl (C=O) groups is 3. The van der Waals surface area contributed by atoms with Crippen LogP contribution in [0.15, 0.2) is 54.6 Å². The van der Waals surface area contributed by atoms with Crippen molar-refractivity contribution in [1.29, 1.82) is 0 Å². The topological polar surface area (TPSA) is 73.4 Å². The smallest absolute Gasteiger partial charge is 0.256 e. The normalized spacial score (nSPS) is 22.2. The van der Waals surface area contributed by atoms with Crippen molar-refractivity contribution in [3.05, 3.63) is 71.5 Å². The number of likely N-dealkylation sites (N-methyl/N-ethyl adjacent to an activating group) is 1. The minimum absolute atomic E-state index is 0.0288. The minimum Gasteiger partial charge on any atom is -0.353 e. The highest BCUT2D eigenvalue weighted by Gasteiger charge is 2.55. The number of carbonyl (C=O) groups excluding carboxylic acids is 3. The second kappa shape index (κ2) is 9.99. The van der Waals surface area contributed by atoms with Crippen LogP contribution in [0.3, 0.4) is 0 Å². The lowest BCUT2D eigenvalue weighted by molar-refractivity contribution is -0.139. The van der Waals surface area contributed by atoms with E-state index < -0.39 is 17.6 Å². The molecular weight excluding hydrogens is 463 g/mol. The van der Waals surface area contributed by atoms with Gasteiger partial charge in [-0.25, -0.2) is 4.39 Å². The molecule has 2 aromatic rings. The molecule has 2 aromatic carbocycles. The summed E-state index contributed by atoms with van der Waals surface area (Å²) in [5, 5.41) is 0. The standard InChI is InChI=1S/C27H31FN4O4/c1-29-15-17-31(18-16-29)26(35)23-19-36-27(32(23)24(33)20-7-3-2-4-8-20)11-13-30(14-12-27)25(34)21-9-5-6-10-22(21)28/h2-10,23H,11-19H2,1H3. The third kappa shape index (κ3) is 4.49. The van der Waals surface area contributed by atoms with Gasteiger partial charge in [-0.3, -0.25) is 19.3 Å². The van der Waals surface area contributed by atoms with Crippen LogP contribution in [0.4, 0.5) is 4.39 Å². The molecule has 0 bridgehead atoms. The van der Waals surface area contributed by atoms with Crippen molar-refractivity contribution in [2.24, 2.45) is 0 Å². The summed E-state index contributed by atoms with van der Waals surface area (Å²) in [4.78, 5) is 47.6. The Morgan fingerprint density at radius 3 is 2.14 bits per heavy atom. The van der Waals surface area contributed by atoms with Crippen LogP contribution >= 0.6 is 0 Å². The Labute approximate surface area is 210 Å². The number of halogens is 1. The number of piperazine rings is 1.